The fourth-order valence-electron chi connectivity index (χ4n) is 1.04. The van der Waals surface area contributed by atoms with Gasteiger partial charge in [-0.1, -0.05) is 13.3 Å². The number of nitrogen functional groups attached to an aromatic ring is 1. The van der Waals surface area contributed by atoms with E-state index in [1.54, 1.807) is 0 Å². The van der Waals surface area contributed by atoms with Crippen molar-refractivity contribution >= 4 is 11.9 Å². The van der Waals surface area contributed by atoms with E-state index < -0.39 is 5.97 Å². The maximum atomic E-state index is 10.6. The highest BCUT2D eigenvalue weighted by Crippen LogP contribution is 2.09. The van der Waals surface area contributed by atoms with Crippen molar-refractivity contribution in [2.45, 2.75) is 19.8 Å². The summed E-state index contributed by atoms with van der Waals surface area (Å²) in [5.74, 6) is -0.873. The molecule has 5 heteroatoms. The van der Waals surface area contributed by atoms with Crippen LogP contribution in [0.3, 0.4) is 0 Å². The number of aromatic carboxylic acids is 1. The number of carboxylic acids is 1. The zero-order valence-corrected chi connectivity index (χ0v) is 6.79. The maximum absolute atomic E-state index is 10.6. The van der Waals surface area contributed by atoms with Crippen molar-refractivity contribution in [3.8, 4) is 0 Å². The van der Waals surface area contributed by atoms with Crippen LogP contribution in [0.4, 0.5) is 5.95 Å². The fourth-order valence-corrected chi connectivity index (χ4v) is 1.04. The van der Waals surface area contributed by atoms with Gasteiger partial charge in [-0.3, -0.25) is 0 Å². The molecule has 0 fully saturated rings. The highest BCUT2D eigenvalue weighted by molar-refractivity contribution is 5.87. The maximum Gasteiger partial charge on any atom is 0.356 e. The largest absolute Gasteiger partial charge is 0.476 e. The van der Waals surface area contributed by atoms with E-state index in [1.807, 2.05) is 6.92 Å². The Bertz CT molecular complexity index is 293. The van der Waals surface area contributed by atoms with Crippen LogP contribution in [0, 0.1) is 0 Å². The number of nitrogens with one attached hydrogen (secondary N) is 1. The van der Waals surface area contributed by atoms with Crippen LogP contribution in [-0.4, -0.2) is 21.0 Å². The van der Waals surface area contributed by atoms with Crippen LogP contribution in [-0.2, 0) is 6.42 Å². The lowest BCUT2D eigenvalue weighted by atomic mass is 10.2. The first-order valence-electron chi connectivity index (χ1n) is 3.72. The van der Waals surface area contributed by atoms with Crippen LogP contribution in [0.25, 0.3) is 0 Å². The predicted octanol–water partition coefficient (Wildman–Crippen LogP) is 0.643. The Labute approximate surface area is 69.6 Å². The summed E-state index contributed by atoms with van der Waals surface area (Å²) in [6.45, 7) is 1.96. The lowest BCUT2D eigenvalue weighted by Gasteiger charge is -1.93. The number of anilines is 1. The number of carbonyl (C=O) groups is 1. The molecule has 0 atom stereocenters. The van der Waals surface area contributed by atoms with Crippen LogP contribution >= 0.6 is 0 Å². The molecule has 12 heavy (non-hydrogen) atoms. The van der Waals surface area contributed by atoms with Gasteiger partial charge in [0.05, 0.1) is 5.69 Å². The lowest BCUT2D eigenvalue weighted by molar-refractivity contribution is 0.0690. The summed E-state index contributed by atoms with van der Waals surface area (Å²) in [7, 11) is 0. The summed E-state index contributed by atoms with van der Waals surface area (Å²) in [4.78, 5) is 16.9. The molecule has 0 aliphatic heterocycles. The molecular weight excluding hydrogens is 158 g/mol. The van der Waals surface area contributed by atoms with Crippen molar-refractivity contribution in [2.24, 2.45) is 0 Å². The third-order valence-electron chi connectivity index (χ3n) is 1.50. The van der Waals surface area contributed by atoms with E-state index in [1.165, 1.54) is 0 Å². The molecule has 0 unspecified atom stereocenters. The molecule has 0 spiro atoms. The van der Waals surface area contributed by atoms with Crippen LogP contribution in [0.5, 0.6) is 0 Å². The quantitative estimate of drug-likeness (QED) is 0.619. The van der Waals surface area contributed by atoms with Gasteiger partial charge in [-0.05, 0) is 6.42 Å². The smallest absolute Gasteiger partial charge is 0.356 e. The molecule has 66 valence electrons. The third-order valence-corrected chi connectivity index (χ3v) is 1.50. The van der Waals surface area contributed by atoms with Crippen LogP contribution in [0.2, 0.25) is 0 Å². The molecule has 1 aromatic rings. The Kier molecular flexibility index (Phi) is 2.32. The van der Waals surface area contributed by atoms with Gasteiger partial charge in [0.15, 0.2) is 11.6 Å². The van der Waals surface area contributed by atoms with Crippen molar-refractivity contribution in [1.82, 2.24) is 9.97 Å². The van der Waals surface area contributed by atoms with Gasteiger partial charge in [0.2, 0.25) is 0 Å². The highest BCUT2D eigenvalue weighted by Gasteiger charge is 2.13. The van der Waals surface area contributed by atoms with Crippen molar-refractivity contribution in [2.75, 3.05) is 5.73 Å². The molecule has 0 aliphatic carbocycles. The zero-order chi connectivity index (χ0) is 9.14. The normalized spacial score (nSPS) is 10.1. The van der Waals surface area contributed by atoms with E-state index >= 15 is 0 Å². The molecule has 1 rings (SSSR count). The second-order valence-corrected chi connectivity index (χ2v) is 2.50. The monoisotopic (exact) mass is 169 g/mol. The van der Waals surface area contributed by atoms with E-state index in [-0.39, 0.29) is 11.6 Å². The molecule has 0 radical (unpaired) electrons. The summed E-state index contributed by atoms with van der Waals surface area (Å²) in [6, 6.07) is 0. The summed E-state index contributed by atoms with van der Waals surface area (Å²) in [6.07, 6.45) is 1.52. The topological polar surface area (TPSA) is 92.0 Å². The molecule has 4 N–H and O–H groups in total. The molecule has 1 aromatic heterocycles. The standard InChI is InChI=1S/C7H11N3O2/c1-2-3-4-5(6(11)12)10-7(8)9-4/h2-3H2,1H3,(H,11,12)(H3,8,9,10). The summed E-state index contributed by atoms with van der Waals surface area (Å²) in [5.41, 5.74) is 5.95. The number of nitrogens with two attached hydrogens (primary N) is 1. The van der Waals surface area contributed by atoms with Crippen molar-refractivity contribution in [1.29, 1.82) is 0 Å². The molecular formula is C7H11N3O2. The van der Waals surface area contributed by atoms with Gasteiger partial charge >= 0.3 is 5.97 Å². The van der Waals surface area contributed by atoms with E-state index in [4.69, 9.17) is 10.8 Å². The van der Waals surface area contributed by atoms with E-state index in [2.05, 4.69) is 9.97 Å². The molecule has 0 saturated carbocycles. The number of aromatic nitrogens is 2. The fraction of sp³-hybridized carbons (Fsp3) is 0.429. The molecule has 0 bridgehead atoms. The van der Waals surface area contributed by atoms with Gasteiger partial charge in [-0.2, -0.15) is 0 Å². The molecule has 0 amide bonds. The number of H-pyrrole nitrogens is 1. The van der Waals surface area contributed by atoms with Gasteiger partial charge in [0.1, 0.15) is 0 Å². The van der Waals surface area contributed by atoms with Crippen molar-refractivity contribution < 1.29 is 9.90 Å². The van der Waals surface area contributed by atoms with Gasteiger partial charge in [0.25, 0.3) is 0 Å². The van der Waals surface area contributed by atoms with E-state index in [0.717, 1.165) is 6.42 Å². The number of aryl methyl sites for hydroxylation is 1. The highest BCUT2D eigenvalue weighted by atomic mass is 16.4. The van der Waals surface area contributed by atoms with Crippen molar-refractivity contribution in [3.05, 3.63) is 11.4 Å². The molecule has 5 nitrogen and oxygen atoms in total. The third kappa shape index (κ3) is 1.55. The van der Waals surface area contributed by atoms with Crippen LogP contribution < -0.4 is 5.73 Å². The molecule has 0 aromatic carbocycles. The second-order valence-electron chi connectivity index (χ2n) is 2.50. The van der Waals surface area contributed by atoms with Gasteiger partial charge in [-0.15, -0.1) is 0 Å². The number of aromatic amines is 1. The first-order chi connectivity index (χ1) is 5.65. The summed E-state index contributed by atoms with van der Waals surface area (Å²) in [5, 5.41) is 8.67. The first kappa shape index (κ1) is 8.58. The predicted molar refractivity (Wildman–Crippen MR) is 44.0 cm³/mol. The SMILES string of the molecule is CCCc1[nH]c(N)nc1C(=O)O. The average molecular weight is 169 g/mol. The Hall–Kier alpha value is -1.52. The Morgan fingerprint density at radius 1 is 1.75 bits per heavy atom. The first-order valence-corrected chi connectivity index (χ1v) is 3.72. The number of hydrogen-bond donors (Lipinski definition) is 3. The molecule has 0 aliphatic rings. The van der Waals surface area contributed by atoms with Gasteiger partial charge < -0.3 is 15.8 Å². The Morgan fingerprint density at radius 2 is 2.42 bits per heavy atom. The number of imidazole rings is 1. The lowest BCUT2D eigenvalue weighted by Crippen LogP contribution is -2.01. The minimum absolute atomic E-state index is 0.0364. The average Bonchev–Trinajstić information content (AvgIpc) is 2.32. The van der Waals surface area contributed by atoms with E-state index in [9.17, 15) is 4.79 Å². The second kappa shape index (κ2) is 3.25. The van der Waals surface area contributed by atoms with Gasteiger partial charge in [-0.25, -0.2) is 9.78 Å². The minimum atomic E-state index is -1.04. The Balaban J connectivity index is 2.99. The molecule has 1 heterocycles. The number of rotatable bonds is 3. The van der Waals surface area contributed by atoms with Crippen molar-refractivity contribution in [3.63, 3.8) is 0 Å². The number of carboxylic acid groups (broad SMARTS) is 1. The van der Waals surface area contributed by atoms with Gasteiger partial charge in [0, 0.05) is 0 Å². The molecule has 0 saturated heterocycles. The van der Waals surface area contributed by atoms with Crippen LogP contribution in [0.15, 0.2) is 0 Å². The summed E-state index contributed by atoms with van der Waals surface area (Å²) < 4.78 is 0. The number of nitrogens with zero attached hydrogens (tertiary/aromatic N) is 1. The minimum Gasteiger partial charge on any atom is -0.476 e. The van der Waals surface area contributed by atoms with Crippen LogP contribution in [0.1, 0.15) is 29.5 Å². The Morgan fingerprint density at radius 3 is 2.92 bits per heavy atom. The zero-order valence-electron chi connectivity index (χ0n) is 6.79. The van der Waals surface area contributed by atoms with E-state index in [0.29, 0.717) is 12.1 Å². The number of hydrogen-bond acceptors (Lipinski definition) is 3. The summed E-state index contributed by atoms with van der Waals surface area (Å²) >= 11 is 0.